The monoisotopic (exact) mass is 309 g/mol. The van der Waals surface area contributed by atoms with Gasteiger partial charge in [-0.25, -0.2) is 0 Å². The van der Waals surface area contributed by atoms with Crippen LogP contribution in [-0.4, -0.2) is 29.4 Å². The topological polar surface area (TPSA) is 46.6 Å². The van der Waals surface area contributed by atoms with Crippen LogP contribution in [0, 0.1) is 0 Å². The molecule has 3 rings (SSSR count). The molecule has 118 valence electrons. The molecule has 2 aromatic rings. The average molecular weight is 309 g/mol. The molecule has 0 aromatic heterocycles. The number of carbonyl (C=O) groups excluding carboxylic acids is 2. The van der Waals surface area contributed by atoms with Crippen LogP contribution in [0.1, 0.15) is 24.0 Å². The molecule has 1 fully saturated rings. The molecule has 0 spiro atoms. The number of likely N-dealkylation sites (tertiary alicyclic amines) is 1. The maximum atomic E-state index is 12.6. The zero-order valence-corrected chi connectivity index (χ0v) is 13.0. The number of carbonyl (C=O) groups is 2. The van der Waals surface area contributed by atoms with Gasteiger partial charge in [-0.15, -0.1) is 0 Å². The number of esters is 1. The third-order valence-electron chi connectivity index (χ3n) is 4.15. The maximum absolute atomic E-state index is 12.6. The summed E-state index contributed by atoms with van der Waals surface area (Å²) >= 11 is 0. The molecule has 1 aliphatic heterocycles. The molecule has 0 N–H and O–H groups in total. The van der Waals surface area contributed by atoms with Gasteiger partial charge in [0.15, 0.2) is 0 Å². The van der Waals surface area contributed by atoms with Crippen LogP contribution in [0.4, 0.5) is 0 Å². The number of benzene rings is 2. The van der Waals surface area contributed by atoms with Crippen LogP contribution in [0.25, 0.3) is 0 Å². The van der Waals surface area contributed by atoms with Gasteiger partial charge in [-0.05, 0) is 11.1 Å². The Labute approximate surface area is 135 Å². The molecule has 1 amide bonds. The second-order valence-electron chi connectivity index (χ2n) is 5.71. The zero-order chi connectivity index (χ0) is 16.2. The zero-order valence-electron chi connectivity index (χ0n) is 13.0. The Morgan fingerprint density at radius 2 is 1.65 bits per heavy atom. The molecule has 1 heterocycles. The van der Waals surface area contributed by atoms with Crippen molar-refractivity contribution in [1.29, 1.82) is 0 Å². The van der Waals surface area contributed by atoms with Crippen LogP contribution in [0.5, 0.6) is 0 Å². The summed E-state index contributed by atoms with van der Waals surface area (Å²) in [5.41, 5.74) is 2.04. The summed E-state index contributed by atoms with van der Waals surface area (Å²) < 4.78 is 5.18. The van der Waals surface area contributed by atoms with Gasteiger partial charge in [0.25, 0.3) is 0 Å². The fourth-order valence-electron chi connectivity index (χ4n) is 2.99. The Kier molecular flexibility index (Phi) is 4.42. The Bertz CT molecular complexity index is 684. The molecule has 2 aromatic carbocycles. The van der Waals surface area contributed by atoms with Gasteiger partial charge in [-0.3, -0.25) is 9.59 Å². The Morgan fingerprint density at radius 1 is 1.04 bits per heavy atom. The lowest BCUT2D eigenvalue weighted by atomic mass is 9.81. The third-order valence-corrected chi connectivity index (χ3v) is 4.15. The molecule has 4 heteroatoms. The van der Waals surface area contributed by atoms with Crippen LogP contribution in [0.15, 0.2) is 60.7 Å². The highest BCUT2D eigenvalue weighted by Crippen LogP contribution is 2.37. The lowest BCUT2D eigenvalue weighted by molar-refractivity contribution is -0.160. The summed E-state index contributed by atoms with van der Waals surface area (Å²) in [5, 5.41) is 0. The highest BCUT2D eigenvalue weighted by Gasteiger charge is 2.48. The summed E-state index contributed by atoms with van der Waals surface area (Å²) in [6, 6.07) is 19.4. The molecule has 0 radical (unpaired) electrons. The normalized spacial score (nSPS) is 20.0. The molecule has 0 aliphatic carbocycles. The van der Waals surface area contributed by atoms with E-state index in [1.165, 1.54) is 6.92 Å². The van der Waals surface area contributed by atoms with E-state index in [1.807, 2.05) is 60.7 Å². The summed E-state index contributed by atoms with van der Waals surface area (Å²) in [5.74, 6) is -0.479. The maximum Gasteiger partial charge on any atom is 0.302 e. The largest absolute Gasteiger partial charge is 0.464 e. The van der Waals surface area contributed by atoms with Crippen molar-refractivity contribution in [3.63, 3.8) is 0 Å². The van der Waals surface area contributed by atoms with E-state index < -0.39 is 0 Å². The molecule has 2 atom stereocenters. The summed E-state index contributed by atoms with van der Waals surface area (Å²) in [6.45, 7) is 2.15. The van der Waals surface area contributed by atoms with Gasteiger partial charge in [0, 0.05) is 13.5 Å². The summed E-state index contributed by atoms with van der Waals surface area (Å²) in [4.78, 5) is 25.5. The minimum Gasteiger partial charge on any atom is -0.464 e. The van der Waals surface area contributed by atoms with Crippen LogP contribution >= 0.6 is 0 Å². The molecule has 4 nitrogen and oxygen atoms in total. The highest BCUT2D eigenvalue weighted by molar-refractivity contribution is 5.91. The first kappa shape index (κ1) is 15.3. The summed E-state index contributed by atoms with van der Waals surface area (Å²) in [6.07, 6.45) is 0. The molecule has 23 heavy (non-hydrogen) atoms. The van der Waals surface area contributed by atoms with Crippen molar-refractivity contribution < 1.29 is 14.3 Å². The Balaban J connectivity index is 1.79. The Hall–Kier alpha value is -2.62. The summed E-state index contributed by atoms with van der Waals surface area (Å²) in [7, 11) is 0. The van der Waals surface area contributed by atoms with Crippen molar-refractivity contribution in [3.8, 4) is 0 Å². The van der Waals surface area contributed by atoms with Crippen LogP contribution in [0.3, 0.4) is 0 Å². The number of nitrogens with zero attached hydrogens (tertiary/aromatic N) is 1. The fraction of sp³-hybridized carbons (Fsp3) is 0.263. The first-order valence-electron chi connectivity index (χ1n) is 7.69. The quantitative estimate of drug-likeness (QED) is 0.630. The van der Waals surface area contributed by atoms with E-state index in [2.05, 4.69) is 0 Å². The van der Waals surface area contributed by atoms with Gasteiger partial charge >= 0.3 is 5.97 Å². The predicted octanol–water partition coefficient (Wildman–Crippen LogP) is 2.74. The van der Waals surface area contributed by atoms with E-state index >= 15 is 0 Å². The third kappa shape index (κ3) is 3.26. The molecule has 0 unspecified atom stereocenters. The van der Waals surface area contributed by atoms with Gasteiger partial charge in [0.2, 0.25) is 5.91 Å². The van der Waals surface area contributed by atoms with E-state index in [1.54, 1.807) is 4.90 Å². The van der Waals surface area contributed by atoms with Gasteiger partial charge in [-0.2, -0.15) is 0 Å². The van der Waals surface area contributed by atoms with Crippen molar-refractivity contribution in [3.05, 3.63) is 71.8 Å². The van der Waals surface area contributed by atoms with Crippen molar-refractivity contribution in [2.45, 2.75) is 25.4 Å². The first-order valence-corrected chi connectivity index (χ1v) is 7.69. The van der Waals surface area contributed by atoms with Gasteiger partial charge in [0.05, 0.1) is 12.0 Å². The minimum atomic E-state index is -0.323. The van der Waals surface area contributed by atoms with Crippen molar-refractivity contribution >= 4 is 11.9 Å². The van der Waals surface area contributed by atoms with Crippen molar-refractivity contribution in [2.24, 2.45) is 0 Å². The van der Waals surface area contributed by atoms with Gasteiger partial charge < -0.3 is 9.64 Å². The van der Waals surface area contributed by atoms with E-state index in [9.17, 15) is 9.59 Å². The molecular formula is C19H19NO3. The number of hydrogen-bond donors (Lipinski definition) is 0. The Morgan fingerprint density at radius 3 is 2.26 bits per heavy atom. The molecule has 0 bridgehead atoms. The average Bonchev–Trinajstić information content (AvgIpc) is 2.57. The minimum absolute atomic E-state index is 0.0807. The standard InChI is InChI=1S/C19H19NO3/c1-14(21)23-13-17-18(16-10-6-3-7-11-16)19(22)20(17)12-15-8-4-2-5-9-15/h2-11,17-18H,12-13H2,1H3/t17-,18-/m1/s1. The molecule has 0 saturated carbocycles. The molecule has 1 aliphatic rings. The van der Waals surface area contributed by atoms with Crippen molar-refractivity contribution in [1.82, 2.24) is 4.90 Å². The smallest absolute Gasteiger partial charge is 0.302 e. The second kappa shape index (κ2) is 6.65. The number of hydrogen-bond acceptors (Lipinski definition) is 3. The first-order chi connectivity index (χ1) is 11.2. The SMILES string of the molecule is CC(=O)OC[C@@H]1[C@@H](c2ccccc2)C(=O)N1Cc1ccccc1. The van der Waals surface area contributed by atoms with Crippen molar-refractivity contribution in [2.75, 3.05) is 6.61 Å². The fourth-order valence-corrected chi connectivity index (χ4v) is 2.99. The van der Waals surface area contributed by atoms with E-state index in [0.717, 1.165) is 11.1 Å². The second-order valence-corrected chi connectivity index (χ2v) is 5.71. The van der Waals surface area contributed by atoms with Crippen LogP contribution < -0.4 is 0 Å². The van der Waals surface area contributed by atoms with Gasteiger partial charge in [0.1, 0.15) is 6.61 Å². The van der Waals surface area contributed by atoms with E-state index in [0.29, 0.717) is 6.54 Å². The molecule has 1 saturated heterocycles. The predicted molar refractivity (Wildman–Crippen MR) is 86.6 cm³/mol. The van der Waals surface area contributed by atoms with Gasteiger partial charge in [-0.1, -0.05) is 60.7 Å². The lowest BCUT2D eigenvalue weighted by Crippen LogP contribution is -2.60. The number of ether oxygens (including phenoxy) is 1. The number of β-lactam (4-membered cyclic amide) rings is 1. The van der Waals surface area contributed by atoms with E-state index in [4.69, 9.17) is 4.74 Å². The highest BCUT2D eigenvalue weighted by atomic mass is 16.5. The molecular weight excluding hydrogens is 290 g/mol. The number of rotatable bonds is 5. The lowest BCUT2D eigenvalue weighted by Gasteiger charge is -2.47. The van der Waals surface area contributed by atoms with Crippen LogP contribution in [-0.2, 0) is 20.9 Å². The van der Waals surface area contributed by atoms with Crippen LogP contribution in [0.2, 0.25) is 0 Å². The number of amides is 1. The van der Waals surface area contributed by atoms with E-state index in [-0.39, 0.29) is 30.4 Å².